The summed E-state index contributed by atoms with van der Waals surface area (Å²) < 4.78 is 0. The topological polar surface area (TPSA) is 61.4 Å². The molecule has 0 aliphatic carbocycles. The maximum absolute atomic E-state index is 12.6. The van der Waals surface area contributed by atoms with E-state index < -0.39 is 6.04 Å². The number of carbonyl (C=O) groups excluding carboxylic acids is 2. The zero-order chi connectivity index (χ0) is 19.7. The van der Waals surface area contributed by atoms with Crippen molar-refractivity contribution in [2.75, 3.05) is 19.6 Å². The minimum atomic E-state index is -0.558. The molecule has 2 N–H and O–H groups in total. The summed E-state index contributed by atoms with van der Waals surface area (Å²) in [5.74, 6) is -0.361. The van der Waals surface area contributed by atoms with Crippen LogP contribution in [-0.4, -0.2) is 48.4 Å². The lowest BCUT2D eigenvalue weighted by Crippen LogP contribution is -2.51. The van der Waals surface area contributed by atoms with Crippen LogP contribution in [0.2, 0.25) is 5.02 Å². The number of likely N-dealkylation sites (N-methyl/N-ethyl adjacent to an activating group) is 1. The maximum Gasteiger partial charge on any atom is 0.251 e. The summed E-state index contributed by atoms with van der Waals surface area (Å²) in [4.78, 5) is 27.4. The molecule has 0 aromatic heterocycles. The fourth-order valence-electron chi connectivity index (χ4n) is 2.74. The van der Waals surface area contributed by atoms with Crippen LogP contribution >= 0.6 is 11.6 Å². The summed E-state index contributed by atoms with van der Waals surface area (Å²) in [6, 6.07) is 6.53. The fourth-order valence-corrected chi connectivity index (χ4v) is 2.87. The maximum atomic E-state index is 12.6. The normalized spacial score (nSPS) is 13.5. The second kappa shape index (κ2) is 11.2. The summed E-state index contributed by atoms with van der Waals surface area (Å²) in [5, 5.41) is 6.41. The number of hydrogen-bond acceptors (Lipinski definition) is 3. The van der Waals surface area contributed by atoms with Crippen LogP contribution in [0.4, 0.5) is 0 Å². The monoisotopic (exact) mass is 381 g/mol. The minimum absolute atomic E-state index is 0.0404. The Kier molecular flexibility index (Phi) is 9.66. The van der Waals surface area contributed by atoms with Gasteiger partial charge in [0.05, 0.1) is 0 Å². The van der Waals surface area contributed by atoms with Crippen LogP contribution in [0.1, 0.15) is 51.4 Å². The zero-order valence-corrected chi connectivity index (χ0v) is 17.3. The van der Waals surface area contributed by atoms with Crippen molar-refractivity contribution in [3.63, 3.8) is 0 Å². The third kappa shape index (κ3) is 6.96. The minimum Gasteiger partial charge on any atom is -0.353 e. The number of nitrogens with one attached hydrogen (secondary N) is 2. The number of amides is 2. The van der Waals surface area contributed by atoms with Crippen molar-refractivity contribution >= 4 is 23.4 Å². The molecule has 0 aliphatic rings. The molecular weight excluding hydrogens is 350 g/mol. The third-order valence-electron chi connectivity index (χ3n) is 4.72. The SMILES string of the molecule is CCC(C)C(NC(=O)c1ccc(Cl)cc1)C(=O)NCCN(CC)C(C)C. The first-order valence-electron chi connectivity index (χ1n) is 9.38. The molecular formula is C20H32ClN3O2. The highest BCUT2D eigenvalue weighted by Gasteiger charge is 2.26. The summed E-state index contributed by atoms with van der Waals surface area (Å²) in [5.41, 5.74) is 0.493. The molecule has 146 valence electrons. The van der Waals surface area contributed by atoms with Crippen molar-refractivity contribution < 1.29 is 9.59 Å². The van der Waals surface area contributed by atoms with E-state index in [-0.39, 0.29) is 17.7 Å². The zero-order valence-electron chi connectivity index (χ0n) is 16.5. The second-order valence-corrected chi connectivity index (χ2v) is 7.29. The van der Waals surface area contributed by atoms with Crippen molar-refractivity contribution in [1.29, 1.82) is 0 Å². The Morgan fingerprint density at radius 2 is 1.73 bits per heavy atom. The van der Waals surface area contributed by atoms with Crippen molar-refractivity contribution in [2.45, 2.75) is 53.1 Å². The molecule has 6 heteroatoms. The molecule has 0 fully saturated rings. The van der Waals surface area contributed by atoms with Gasteiger partial charge in [0, 0.05) is 29.7 Å². The van der Waals surface area contributed by atoms with Crippen molar-refractivity contribution in [1.82, 2.24) is 15.5 Å². The highest BCUT2D eigenvalue weighted by atomic mass is 35.5. The number of nitrogens with zero attached hydrogens (tertiary/aromatic N) is 1. The highest BCUT2D eigenvalue weighted by Crippen LogP contribution is 2.12. The van der Waals surface area contributed by atoms with E-state index >= 15 is 0 Å². The smallest absolute Gasteiger partial charge is 0.251 e. The molecule has 0 saturated heterocycles. The van der Waals surface area contributed by atoms with Gasteiger partial charge in [-0.1, -0.05) is 38.8 Å². The average molecular weight is 382 g/mol. The van der Waals surface area contributed by atoms with Crippen LogP contribution < -0.4 is 10.6 Å². The summed E-state index contributed by atoms with van der Waals surface area (Å²) in [6.45, 7) is 12.7. The number of rotatable bonds is 10. The Hall–Kier alpha value is -1.59. The van der Waals surface area contributed by atoms with Gasteiger partial charge >= 0.3 is 0 Å². The molecule has 1 aromatic carbocycles. The molecule has 2 unspecified atom stereocenters. The van der Waals surface area contributed by atoms with Gasteiger partial charge in [0.25, 0.3) is 5.91 Å². The van der Waals surface area contributed by atoms with Gasteiger partial charge in [-0.3, -0.25) is 14.5 Å². The van der Waals surface area contributed by atoms with Crippen LogP contribution in [0.3, 0.4) is 0 Å². The Morgan fingerprint density at radius 1 is 1.12 bits per heavy atom. The van der Waals surface area contributed by atoms with Crippen LogP contribution in [-0.2, 0) is 4.79 Å². The van der Waals surface area contributed by atoms with E-state index in [1.54, 1.807) is 24.3 Å². The predicted molar refractivity (Wildman–Crippen MR) is 108 cm³/mol. The lowest BCUT2D eigenvalue weighted by atomic mass is 9.98. The van der Waals surface area contributed by atoms with Gasteiger partial charge in [-0.15, -0.1) is 0 Å². The second-order valence-electron chi connectivity index (χ2n) is 6.86. The van der Waals surface area contributed by atoms with Gasteiger partial charge in [0.2, 0.25) is 5.91 Å². The Morgan fingerprint density at radius 3 is 2.23 bits per heavy atom. The quantitative estimate of drug-likeness (QED) is 0.653. The number of carbonyl (C=O) groups is 2. The van der Waals surface area contributed by atoms with Gasteiger partial charge in [-0.25, -0.2) is 0 Å². The van der Waals surface area contributed by atoms with Crippen LogP contribution in [0.25, 0.3) is 0 Å². The average Bonchev–Trinajstić information content (AvgIpc) is 2.62. The molecule has 0 bridgehead atoms. The molecule has 2 amide bonds. The molecule has 0 saturated carbocycles. The summed E-state index contributed by atoms with van der Waals surface area (Å²) >= 11 is 5.86. The van der Waals surface area contributed by atoms with Gasteiger partial charge in [0.1, 0.15) is 6.04 Å². The van der Waals surface area contributed by atoms with Gasteiger partial charge in [-0.2, -0.15) is 0 Å². The molecule has 2 atom stereocenters. The molecule has 1 rings (SSSR count). The Bertz CT molecular complexity index is 575. The molecule has 5 nitrogen and oxygen atoms in total. The van der Waals surface area contributed by atoms with E-state index in [0.29, 0.717) is 23.2 Å². The van der Waals surface area contributed by atoms with E-state index in [1.807, 2.05) is 13.8 Å². The van der Waals surface area contributed by atoms with Crippen LogP contribution in [0.15, 0.2) is 24.3 Å². The van der Waals surface area contributed by atoms with E-state index in [4.69, 9.17) is 11.6 Å². The van der Waals surface area contributed by atoms with Crippen molar-refractivity contribution in [3.05, 3.63) is 34.9 Å². The molecule has 0 heterocycles. The first kappa shape index (κ1) is 22.5. The Labute approximate surface area is 162 Å². The molecule has 26 heavy (non-hydrogen) atoms. The van der Waals surface area contributed by atoms with Gasteiger partial charge < -0.3 is 10.6 Å². The van der Waals surface area contributed by atoms with Crippen molar-refractivity contribution in [3.8, 4) is 0 Å². The first-order valence-corrected chi connectivity index (χ1v) is 9.76. The van der Waals surface area contributed by atoms with Crippen LogP contribution in [0.5, 0.6) is 0 Å². The van der Waals surface area contributed by atoms with E-state index in [9.17, 15) is 9.59 Å². The highest BCUT2D eigenvalue weighted by molar-refractivity contribution is 6.30. The first-order chi connectivity index (χ1) is 12.3. The molecule has 0 aliphatic heterocycles. The van der Waals surface area contributed by atoms with Gasteiger partial charge in [-0.05, 0) is 50.6 Å². The third-order valence-corrected chi connectivity index (χ3v) is 4.98. The largest absolute Gasteiger partial charge is 0.353 e. The summed E-state index contributed by atoms with van der Waals surface area (Å²) in [6.07, 6.45) is 0.798. The van der Waals surface area contributed by atoms with Crippen LogP contribution in [0, 0.1) is 5.92 Å². The predicted octanol–water partition coefficient (Wildman–Crippen LogP) is 3.33. The standard InChI is InChI=1S/C20H32ClN3O2/c1-6-15(5)18(20(26)22-12-13-24(7-2)14(3)4)23-19(25)16-8-10-17(21)11-9-16/h8-11,14-15,18H,6-7,12-13H2,1-5H3,(H,22,26)(H,23,25). The molecule has 1 aromatic rings. The lowest BCUT2D eigenvalue weighted by Gasteiger charge is -2.27. The fraction of sp³-hybridized carbons (Fsp3) is 0.600. The lowest BCUT2D eigenvalue weighted by molar-refractivity contribution is -0.124. The van der Waals surface area contributed by atoms with Gasteiger partial charge in [0.15, 0.2) is 0 Å². The Balaban J connectivity index is 2.69. The number of hydrogen-bond donors (Lipinski definition) is 2. The number of benzene rings is 1. The molecule has 0 radical (unpaired) electrons. The van der Waals surface area contributed by atoms with E-state index in [1.165, 1.54) is 0 Å². The van der Waals surface area contributed by atoms with Crippen molar-refractivity contribution in [2.24, 2.45) is 5.92 Å². The number of halogens is 1. The summed E-state index contributed by atoms with van der Waals surface area (Å²) in [7, 11) is 0. The van der Waals surface area contributed by atoms with E-state index in [2.05, 4.69) is 36.3 Å². The molecule has 0 spiro atoms. The van der Waals surface area contributed by atoms with E-state index in [0.717, 1.165) is 19.5 Å².